The lowest BCUT2D eigenvalue weighted by Gasteiger charge is -2.04. The smallest absolute Gasteiger partial charge is 0.350 e. The monoisotopic (exact) mass is 315 g/mol. The number of aryl methyl sites for hydroxylation is 1. The maximum absolute atomic E-state index is 12.2. The Morgan fingerprint density at radius 2 is 2.05 bits per heavy atom. The van der Waals surface area contributed by atoms with E-state index in [0.717, 1.165) is 17.8 Å². The highest BCUT2D eigenvalue weighted by Gasteiger charge is 2.24. The minimum atomic E-state index is -1.71. The zero-order chi connectivity index (χ0) is 15.4. The van der Waals surface area contributed by atoms with Gasteiger partial charge in [0.05, 0.1) is 17.3 Å². The molecule has 1 heterocycles. The van der Waals surface area contributed by atoms with Crippen LogP contribution in [0.25, 0.3) is 0 Å². The lowest BCUT2D eigenvalue weighted by molar-refractivity contribution is 0.0512. The van der Waals surface area contributed by atoms with E-state index in [1.807, 2.05) is 0 Å². The van der Waals surface area contributed by atoms with Crippen LogP contribution in [-0.4, -0.2) is 17.6 Å². The summed E-state index contributed by atoms with van der Waals surface area (Å²) in [7, 11) is 0. The SMILES string of the molecule is CC(CCOC(=O)c1sc(C2CCCC2)nc1C)=C(F)F. The Balaban J connectivity index is 1.94. The van der Waals surface area contributed by atoms with Gasteiger partial charge in [0.25, 0.3) is 6.08 Å². The van der Waals surface area contributed by atoms with Crippen molar-refractivity contribution in [1.82, 2.24) is 4.98 Å². The fourth-order valence-electron chi connectivity index (χ4n) is 2.41. The van der Waals surface area contributed by atoms with Crippen molar-refractivity contribution in [1.29, 1.82) is 0 Å². The predicted octanol–water partition coefficient (Wildman–Crippen LogP) is 4.83. The van der Waals surface area contributed by atoms with Crippen molar-refractivity contribution in [3.05, 3.63) is 27.2 Å². The molecular formula is C15H19F2NO2S. The van der Waals surface area contributed by atoms with Crippen LogP contribution in [0.4, 0.5) is 8.78 Å². The molecule has 0 saturated heterocycles. The number of esters is 1. The van der Waals surface area contributed by atoms with E-state index < -0.39 is 12.0 Å². The van der Waals surface area contributed by atoms with Gasteiger partial charge in [-0.05, 0) is 32.3 Å². The molecule has 116 valence electrons. The van der Waals surface area contributed by atoms with Crippen LogP contribution in [0.5, 0.6) is 0 Å². The largest absolute Gasteiger partial charge is 0.461 e. The van der Waals surface area contributed by atoms with Crippen LogP contribution in [0, 0.1) is 6.92 Å². The molecule has 0 aromatic carbocycles. The maximum atomic E-state index is 12.2. The third-order valence-corrected chi connectivity index (χ3v) is 5.04. The molecule has 0 radical (unpaired) electrons. The average molecular weight is 315 g/mol. The lowest BCUT2D eigenvalue weighted by Crippen LogP contribution is -2.06. The summed E-state index contributed by atoms with van der Waals surface area (Å²) in [6, 6.07) is 0. The van der Waals surface area contributed by atoms with Crippen LogP contribution in [0.1, 0.15) is 65.3 Å². The Hall–Kier alpha value is -1.30. The Bertz CT molecular complexity index is 544. The van der Waals surface area contributed by atoms with Crippen molar-refractivity contribution in [3.63, 3.8) is 0 Å². The number of rotatable bonds is 5. The summed E-state index contributed by atoms with van der Waals surface area (Å²) in [4.78, 5) is 17.0. The number of nitrogens with zero attached hydrogens (tertiary/aromatic N) is 1. The molecule has 0 spiro atoms. The molecule has 21 heavy (non-hydrogen) atoms. The standard InChI is InChI=1S/C15H19F2NO2S/c1-9(13(16)17)7-8-20-15(19)12-10(2)18-14(21-12)11-5-3-4-6-11/h11H,3-8H2,1-2H3. The highest BCUT2D eigenvalue weighted by Crippen LogP contribution is 2.37. The van der Waals surface area contributed by atoms with Gasteiger partial charge in [-0.1, -0.05) is 12.8 Å². The zero-order valence-corrected chi connectivity index (χ0v) is 13.1. The minimum absolute atomic E-state index is 0.0297. The molecule has 6 heteroatoms. The predicted molar refractivity (Wildman–Crippen MR) is 77.9 cm³/mol. The molecule has 0 unspecified atom stereocenters. The highest BCUT2D eigenvalue weighted by molar-refractivity contribution is 7.13. The van der Waals surface area contributed by atoms with Gasteiger partial charge in [0.2, 0.25) is 0 Å². The van der Waals surface area contributed by atoms with Gasteiger partial charge in [-0.3, -0.25) is 0 Å². The van der Waals surface area contributed by atoms with Crippen molar-refractivity contribution in [2.75, 3.05) is 6.61 Å². The van der Waals surface area contributed by atoms with E-state index in [0.29, 0.717) is 16.5 Å². The molecule has 1 aromatic heterocycles. The highest BCUT2D eigenvalue weighted by atomic mass is 32.1. The summed E-state index contributed by atoms with van der Waals surface area (Å²) < 4.78 is 29.6. The summed E-state index contributed by atoms with van der Waals surface area (Å²) in [5.41, 5.74) is 0.631. The Labute approximate surface area is 127 Å². The van der Waals surface area contributed by atoms with Crippen LogP contribution in [0.2, 0.25) is 0 Å². The first-order valence-electron chi connectivity index (χ1n) is 7.14. The Kier molecular flexibility index (Phi) is 5.45. The molecular weight excluding hydrogens is 296 g/mol. The average Bonchev–Trinajstić information content (AvgIpc) is 3.07. The third kappa shape index (κ3) is 4.09. The molecule has 2 rings (SSSR count). The minimum Gasteiger partial charge on any atom is -0.461 e. The van der Waals surface area contributed by atoms with Gasteiger partial charge in [-0.2, -0.15) is 8.78 Å². The second-order valence-electron chi connectivity index (χ2n) is 5.37. The molecule has 3 nitrogen and oxygen atoms in total. The van der Waals surface area contributed by atoms with Gasteiger partial charge >= 0.3 is 5.97 Å². The molecule has 0 N–H and O–H groups in total. The van der Waals surface area contributed by atoms with Crippen LogP contribution >= 0.6 is 11.3 Å². The van der Waals surface area contributed by atoms with E-state index >= 15 is 0 Å². The number of carbonyl (C=O) groups is 1. The number of carbonyl (C=O) groups excluding carboxylic acids is 1. The normalized spacial score (nSPS) is 15.2. The van der Waals surface area contributed by atoms with Gasteiger partial charge in [0, 0.05) is 12.3 Å². The molecule has 1 fully saturated rings. The Morgan fingerprint density at radius 3 is 2.67 bits per heavy atom. The van der Waals surface area contributed by atoms with Crippen molar-refractivity contribution < 1.29 is 18.3 Å². The molecule has 1 aliphatic carbocycles. The van der Waals surface area contributed by atoms with E-state index in [-0.39, 0.29) is 18.6 Å². The van der Waals surface area contributed by atoms with E-state index in [4.69, 9.17) is 4.74 Å². The number of ether oxygens (including phenoxy) is 1. The van der Waals surface area contributed by atoms with Gasteiger partial charge in [-0.25, -0.2) is 9.78 Å². The number of thiazole rings is 1. The first kappa shape index (κ1) is 16.1. The van der Waals surface area contributed by atoms with Gasteiger partial charge in [-0.15, -0.1) is 11.3 Å². The second-order valence-corrected chi connectivity index (χ2v) is 6.41. The van der Waals surface area contributed by atoms with Crippen LogP contribution < -0.4 is 0 Å². The number of hydrogen-bond acceptors (Lipinski definition) is 4. The molecule has 0 atom stereocenters. The van der Waals surface area contributed by atoms with Gasteiger partial charge < -0.3 is 4.74 Å². The topological polar surface area (TPSA) is 39.2 Å². The lowest BCUT2D eigenvalue weighted by atomic mass is 10.1. The number of hydrogen-bond donors (Lipinski definition) is 0. The summed E-state index contributed by atoms with van der Waals surface area (Å²) in [6.07, 6.45) is 3.03. The second kappa shape index (κ2) is 7.11. The third-order valence-electron chi connectivity index (χ3n) is 3.74. The fraction of sp³-hybridized carbons (Fsp3) is 0.600. The maximum Gasteiger partial charge on any atom is 0.350 e. The zero-order valence-electron chi connectivity index (χ0n) is 12.2. The van der Waals surface area contributed by atoms with Crippen LogP contribution in [-0.2, 0) is 4.74 Å². The quantitative estimate of drug-likeness (QED) is 0.731. The van der Waals surface area contributed by atoms with Crippen molar-refractivity contribution in [2.45, 2.75) is 51.9 Å². The van der Waals surface area contributed by atoms with Crippen molar-refractivity contribution >= 4 is 17.3 Å². The first-order chi connectivity index (χ1) is 9.99. The van der Waals surface area contributed by atoms with Crippen LogP contribution in [0.3, 0.4) is 0 Å². The van der Waals surface area contributed by atoms with Crippen LogP contribution in [0.15, 0.2) is 11.7 Å². The van der Waals surface area contributed by atoms with Crippen molar-refractivity contribution in [2.24, 2.45) is 0 Å². The summed E-state index contributed by atoms with van der Waals surface area (Å²) in [6.45, 7) is 3.09. The summed E-state index contributed by atoms with van der Waals surface area (Å²) in [5.74, 6) is 0.00220. The van der Waals surface area contributed by atoms with Gasteiger partial charge in [0.15, 0.2) is 0 Å². The number of aromatic nitrogens is 1. The molecule has 0 amide bonds. The van der Waals surface area contributed by atoms with E-state index in [1.54, 1.807) is 6.92 Å². The van der Waals surface area contributed by atoms with E-state index in [1.165, 1.54) is 31.1 Å². The van der Waals surface area contributed by atoms with Crippen molar-refractivity contribution in [3.8, 4) is 0 Å². The molecule has 1 aliphatic rings. The molecule has 1 saturated carbocycles. The summed E-state index contributed by atoms with van der Waals surface area (Å²) >= 11 is 1.38. The fourth-order valence-corrected chi connectivity index (χ4v) is 3.54. The van der Waals surface area contributed by atoms with E-state index in [2.05, 4.69) is 4.98 Å². The Morgan fingerprint density at radius 1 is 1.38 bits per heavy atom. The van der Waals surface area contributed by atoms with Gasteiger partial charge in [0.1, 0.15) is 4.88 Å². The number of halogens is 2. The first-order valence-corrected chi connectivity index (χ1v) is 7.96. The van der Waals surface area contributed by atoms with E-state index in [9.17, 15) is 13.6 Å². The molecule has 0 bridgehead atoms. The molecule has 0 aliphatic heterocycles. The summed E-state index contributed by atoms with van der Waals surface area (Å²) in [5, 5.41) is 1.00. The molecule has 1 aromatic rings.